The number of rotatable bonds is 2. The fraction of sp³-hybridized carbons (Fsp3) is 0.0909. The molecule has 2 aromatic rings. The van der Waals surface area contributed by atoms with Crippen LogP contribution in [-0.4, -0.2) is 9.97 Å². The molecule has 15 heavy (non-hydrogen) atoms. The van der Waals surface area contributed by atoms with E-state index in [1.807, 2.05) is 25.1 Å². The SMILES string of the molecule is Cc1cc(Oc2ccncn2)ccc1Br. The molecule has 1 heterocycles. The van der Waals surface area contributed by atoms with Crippen LogP contribution in [0.1, 0.15) is 5.56 Å². The van der Waals surface area contributed by atoms with E-state index in [1.54, 1.807) is 12.3 Å². The van der Waals surface area contributed by atoms with Gasteiger partial charge in [0.15, 0.2) is 0 Å². The highest BCUT2D eigenvalue weighted by molar-refractivity contribution is 9.10. The molecule has 0 radical (unpaired) electrons. The summed E-state index contributed by atoms with van der Waals surface area (Å²) in [4.78, 5) is 7.80. The van der Waals surface area contributed by atoms with Gasteiger partial charge < -0.3 is 4.74 Å². The van der Waals surface area contributed by atoms with Crippen LogP contribution < -0.4 is 4.74 Å². The average molecular weight is 265 g/mol. The molecule has 0 N–H and O–H groups in total. The Bertz CT molecular complexity index is 459. The minimum absolute atomic E-state index is 0.548. The van der Waals surface area contributed by atoms with E-state index in [9.17, 15) is 0 Å². The van der Waals surface area contributed by atoms with Gasteiger partial charge in [0.2, 0.25) is 5.88 Å². The lowest BCUT2D eigenvalue weighted by Gasteiger charge is -2.05. The number of halogens is 1. The van der Waals surface area contributed by atoms with E-state index in [1.165, 1.54) is 6.33 Å². The van der Waals surface area contributed by atoms with Crippen LogP contribution in [-0.2, 0) is 0 Å². The van der Waals surface area contributed by atoms with Crippen LogP contribution in [0.15, 0.2) is 41.3 Å². The summed E-state index contributed by atoms with van der Waals surface area (Å²) in [7, 11) is 0. The maximum atomic E-state index is 5.54. The van der Waals surface area contributed by atoms with Gasteiger partial charge in [-0.05, 0) is 30.7 Å². The van der Waals surface area contributed by atoms with Crippen molar-refractivity contribution in [2.75, 3.05) is 0 Å². The molecule has 0 saturated carbocycles. The molecular formula is C11H9BrN2O. The number of hydrogen-bond donors (Lipinski definition) is 0. The van der Waals surface area contributed by atoms with Gasteiger partial charge in [0.25, 0.3) is 0 Å². The third kappa shape index (κ3) is 2.53. The minimum Gasteiger partial charge on any atom is -0.439 e. The highest BCUT2D eigenvalue weighted by atomic mass is 79.9. The van der Waals surface area contributed by atoms with Crippen LogP contribution in [0.4, 0.5) is 0 Å². The molecule has 0 bridgehead atoms. The normalized spacial score (nSPS) is 10.0. The summed E-state index contributed by atoms with van der Waals surface area (Å²) in [6.45, 7) is 2.01. The smallest absolute Gasteiger partial charge is 0.222 e. The van der Waals surface area contributed by atoms with Crippen molar-refractivity contribution in [2.45, 2.75) is 6.92 Å². The van der Waals surface area contributed by atoms with Crippen molar-refractivity contribution < 1.29 is 4.74 Å². The van der Waals surface area contributed by atoms with E-state index in [2.05, 4.69) is 25.9 Å². The molecule has 76 valence electrons. The van der Waals surface area contributed by atoms with Crippen LogP contribution in [0.3, 0.4) is 0 Å². The lowest BCUT2D eigenvalue weighted by molar-refractivity contribution is 0.461. The summed E-state index contributed by atoms with van der Waals surface area (Å²) in [6.07, 6.45) is 3.11. The van der Waals surface area contributed by atoms with Crippen molar-refractivity contribution in [3.05, 3.63) is 46.8 Å². The maximum Gasteiger partial charge on any atom is 0.222 e. The minimum atomic E-state index is 0.548. The Morgan fingerprint density at radius 2 is 2.13 bits per heavy atom. The average Bonchev–Trinajstić information content (AvgIpc) is 2.25. The number of aromatic nitrogens is 2. The molecule has 4 heteroatoms. The van der Waals surface area contributed by atoms with Crippen molar-refractivity contribution in [2.24, 2.45) is 0 Å². The second-order valence-electron chi connectivity index (χ2n) is 3.06. The predicted octanol–water partition coefficient (Wildman–Crippen LogP) is 3.34. The molecule has 0 saturated heterocycles. The lowest BCUT2D eigenvalue weighted by Crippen LogP contribution is -1.88. The van der Waals surface area contributed by atoms with Crippen LogP contribution in [0.5, 0.6) is 11.6 Å². The Morgan fingerprint density at radius 3 is 2.80 bits per heavy atom. The number of hydrogen-bond acceptors (Lipinski definition) is 3. The largest absolute Gasteiger partial charge is 0.439 e. The van der Waals surface area contributed by atoms with Crippen molar-refractivity contribution in [3.63, 3.8) is 0 Å². The molecule has 1 aromatic heterocycles. The van der Waals surface area contributed by atoms with Crippen LogP contribution in [0.25, 0.3) is 0 Å². The van der Waals surface area contributed by atoms with Crippen molar-refractivity contribution in [1.82, 2.24) is 9.97 Å². The van der Waals surface area contributed by atoms with E-state index >= 15 is 0 Å². The Morgan fingerprint density at radius 1 is 1.27 bits per heavy atom. The first-order valence-corrected chi connectivity index (χ1v) is 5.25. The number of nitrogens with zero attached hydrogens (tertiary/aromatic N) is 2. The fourth-order valence-corrected chi connectivity index (χ4v) is 1.39. The van der Waals surface area contributed by atoms with Gasteiger partial charge in [0.1, 0.15) is 12.1 Å². The molecule has 0 spiro atoms. The Kier molecular flexibility index (Phi) is 2.97. The number of aryl methyl sites for hydroxylation is 1. The first-order chi connectivity index (χ1) is 7.25. The van der Waals surface area contributed by atoms with E-state index in [0.717, 1.165) is 15.8 Å². The summed E-state index contributed by atoms with van der Waals surface area (Å²) < 4.78 is 6.61. The Balaban J connectivity index is 2.22. The highest BCUT2D eigenvalue weighted by Gasteiger charge is 2.00. The van der Waals surface area contributed by atoms with Gasteiger partial charge in [-0.2, -0.15) is 0 Å². The third-order valence-corrected chi connectivity index (χ3v) is 2.80. The second kappa shape index (κ2) is 4.40. The van der Waals surface area contributed by atoms with E-state index < -0.39 is 0 Å². The topological polar surface area (TPSA) is 35.0 Å². The molecule has 0 atom stereocenters. The second-order valence-corrected chi connectivity index (χ2v) is 3.92. The maximum absolute atomic E-state index is 5.54. The monoisotopic (exact) mass is 264 g/mol. The zero-order valence-corrected chi connectivity index (χ0v) is 9.73. The standard InChI is InChI=1S/C11H9BrN2O/c1-8-6-9(2-3-10(8)12)15-11-4-5-13-7-14-11/h2-7H,1H3. The van der Waals surface area contributed by atoms with Gasteiger partial charge in [0, 0.05) is 16.7 Å². The third-order valence-electron chi connectivity index (χ3n) is 1.91. The first kappa shape index (κ1) is 10.1. The molecule has 0 aliphatic rings. The molecule has 1 aromatic carbocycles. The zero-order valence-electron chi connectivity index (χ0n) is 8.14. The van der Waals surface area contributed by atoms with Crippen LogP contribution in [0.2, 0.25) is 0 Å². The summed E-state index contributed by atoms with van der Waals surface area (Å²) in [5, 5.41) is 0. The van der Waals surface area contributed by atoms with Crippen LogP contribution >= 0.6 is 15.9 Å². The van der Waals surface area contributed by atoms with E-state index in [4.69, 9.17) is 4.74 Å². The molecule has 2 rings (SSSR count). The highest BCUT2D eigenvalue weighted by Crippen LogP contribution is 2.24. The molecule has 0 aliphatic carbocycles. The van der Waals surface area contributed by atoms with Gasteiger partial charge in [-0.15, -0.1) is 0 Å². The van der Waals surface area contributed by atoms with Crippen molar-refractivity contribution in [1.29, 1.82) is 0 Å². The first-order valence-electron chi connectivity index (χ1n) is 4.46. The number of ether oxygens (including phenoxy) is 1. The quantitative estimate of drug-likeness (QED) is 0.835. The predicted molar refractivity (Wildman–Crippen MR) is 61.0 cm³/mol. The molecule has 3 nitrogen and oxygen atoms in total. The molecule has 0 unspecified atom stereocenters. The van der Waals surface area contributed by atoms with Gasteiger partial charge in [-0.1, -0.05) is 15.9 Å². The molecule has 0 aliphatic heterocycles. The number of benzene rings is 1. The van der Waals surface area contributed by atoms with E-state index in [-0.39, 0.29) is 0 Å². The van der Waals surface area contributed by atoms with Crippen molar-refractivity contribution >= 4 is 15.9 Å². The Labute approximate surface area is 96.3 Å². The summed E-state index contributed by atoms with van der Waals surface area (Å²) in [5.74, 6) is 1.32. The van der Waals surface area contributed by atoms with E-state index in [0.29, 0.717) is 5.88 Å². The molecule has 0 fully saturated rings. The fourth-order valence-electron chi connectivity index (χ4n) is 1.14. The van der Waals surface area contributed by atoms with Crippen molar-refractivity contribution in [3.8, 4) is 11.6 Å². The summed E-state index contributed by atoms with van der Waals surface area (Å²) in [5.41, 5.74) is 1.13. The van der Waals surface area contributed by atoms with Gasteiger partial charge >= 0.3 is 0 Å². The zero-order chi connectivity index (χ0) is 10.7. The summed E-state index contributed by atoms with van der Waals surface area (Å²) >= 11 is 3.43. The van der Waals surface area contributed by atoms with Gasteiger partial charge in [-0.25, -0.2) is 9.97 Å². The lowest BCUT2D eigenvalue weighted by atomic mass is 10.2. The Hall–Kier alpha value is -1.42. The molecular weight excluding hydrogens is 256 g/mol. The van der Waals surface area contributed by atoms with Gasteiger partial charge in [0.05, 0.1) is 0 Å². The van der Waals surface area contributed by atoms with Crippen LogP contribution in [0, 0.1) is 6.92 Å². The van der Waals surface area contributed by atoms with Gasteiger partial charge in [-0.3, -0.25) is 0 Å². The molecule has 0 amide bonds. The summed E-state index contributed by atoms with van der Waals surface area (Å²) in [6, 6.07) is 7.51.